The molecule has 92 valence electrons. The summed E-state index contributed by atoms with van der Waals surface area (Å²) < 4.78 is 0. The lowest BCUT2D eigenvalue weighted by atomic mass is 10.1. The Kier molecular flexibility index (Phi) is 3.06. The van der Waals surface area contributed by atoms with Gasteiger partial charge in [-0.05, 0) is 54.8 Å². The van der Waals surface area contributed by atoms with Crippen molar-refractivity contribution in [1.29, 1.82) is 0 Å². The van der Waals surface area contributed by atoms with E-state index in [9.17, 15) is 0 Å². The predicted octanol–water partition coefficient (Wildman–Crippen LogP) is 2.79. The van der Waals surface area contributed by atoms with Crippen LogP contribution in [-0.2, 0) is 13.0 Å². The molecule has 1 aliphatic carbocycles. The zero-order valence-electron chi connectivity index (χ0n) is 10.6. The molecular formula is C15H22N2. The minimum absolute atomic E-state index is 0.853. The molecule has 1 heterocycles. The Balaban J connectivity index is 1.51. The summed E-state index contributed by atoms with van der Waals surface area (Å²) in [5, 5.41) is 7.00. The van der Waals surface area contributed by atoms with Crippen molar-refractivity contribution in [2.75, 3.05) is 18.4 Å². The first-order valence-corrected chi connectivity index (χ1v) is 6.89. The smallest absolute Gasteiger partial charge is 0.0373 e. The molecule has 2 aliphatic rings. The van der Waals surface area contributed by atoms with Gasteiger partial charge in [0.25, 0.3) is 0 Å². The highest BCUT2D eigenvalue weighted by Gasteiger charge is 2.27. The van der Waals surface area contributed by atoms with Gasteiger partial charge in [-0.15, -0.1) is 0 Å². The van der Waals surface area contributed by atoms with Gasteiger partial charge >= 0.3 is 0 Å². The number of rotatable bonds is 5. The molecule has 0 aromatic heterocycles. The van der Waals surface area contributed by atoms with Crippen LogP contribution in [0, 0.1) is 11.8 Å². The second-order valence-electron chi connectivity index (χ2n) is 5.61. The molecular weight excluding hydrogens is 208 g/mol. The lowest BCUT2D eigenvalue weighted by molar-refractivity contribution is 0.461. The van der Waals surface area contributed by atoms with Crippen molar-refractivity contribution in [3.63, 3.8) is 0 Å². The minimum atomic E-state index is 0.853. The molecule has 3 rings (SSSR count). The van der Waals surface area contributed by atoms with E-state index in [-0.39, 0.29) is 0 Å². The van der Waals surface area contributed by atoms with Crippen molar-refractivity contribution in [3.8, 4) is 0 Å². The number of benzene rings is 1. The van der Waals surface area contributed by atoms with Crippen LogP contribution in [0.4, 0.5) is 5.69 Å². The van der Waals surface area contributed by atoms with Gasteiger partial charge in [0.15, 0.2) is 0 Å². The molecule has 1 atom stereocenters. The van der Waals surface area contributed by atoms with Gasteiger partial charge in [-0.3, -0.25) is 0 Å². The lowest BCUT2D eigenvalue weighted by Crippen LogP contribution is -2.21. The number of anilines is 1. The van der Waals surface area contributed by atoms with Crippen molar-refractivity contribution in [2.24, 2.45) is 11.8 Å². The van der Waals surface area contributed by atoms with Gasteiger partial charge in [0.2, 0.25) is 0 Å². The molecule has 17 heavy (non-hydrogen) atoms. The first kappa shape index (κ1) is 11.1. The number of hydrogen-bond acceptors (Lipinski definition) is 2. The SMILES string of the molecule is CC(CNCc1ccc2c(c1)CCN2)C1CC1. The quantitative estimate of drug-likeness (QED) is 0.813. The van der Waals surface area contributed by atoms with Crippen LogP contribution >= 0.6 is 0 Å². The summed E-state index contributed by atoms with van der Waals surface area (Å²) in [7, 11) is 0. The molecule has 1 aliphatic heterocycles. The number of nitrogens with one attached hydrogen (secondary N) is 2. The van der Waals surface area contributed by atoms with E-state index < -0.39 is 0 Å². The van der Waals surface area contributed by atoms with E-state index in [4.69, 9.17) is 0 Å². The zero-order chi connectivity index (χ0) is 11.7. The highest BCUT2D eigenvalue weighted by molar-refractivity contribution is 5.56. The molecule has 1 aromatic rings. The van der Waals surface area contributed by atoms with Crippen LogP contribution in [0.1, 0.15) is 30.9 Å². The molecule has 2 heteroatoms. The van der Waals surface area contributed by atoms with Crippen LogP contribution in [0.15, 0.2) is 18.2 Å². The van der Waals surface area contributed by atoms with E-state index in [0.717, 1.165) is 24.9 Å². The zero-order valence-corrected chi connectivity index (χ0v) is 10.6. The van der Waals surface area contributed by atoms with Gasteiger partial charge < -0.3 is 10.6 Å². The van der Waals surface area contributed by atoms with E-state index in [2.05, 4.69) is 35.8 Å². The van der Waals surface area contributed by atoms with Crippen molar-refractivity contribution in [2.45, 2.75) is 32.7 Å². The first-order chi connectivity index (χ1) is 8.33. The largest absolute Gasteiger partial charge is 0.384 e. The Labute approximate surface area is 104 Å². The molecule has 0 spiro atoms. The summed E-state index contributed by atoms with van der Waals surface area (Å²) >= 11 is 0. The van der Waals surface area contributed by atoms with E-state index in [0.29, 0.717) is 0 Å². The van der Waals surface area contributed by atoms with Crippen LogP contribution in [0.25, 0.3) is 0 Å². The highest BCUT2D eigenvalue weighted by Crippen LogP contribution is 2.36. The molecule has 0 saturated heterocycles. The molecule has 1 saturated carbocycles. The molecule has 2 N–H and O–H groups in total. The Morgan fingerprint density at radius 3 is 3.12 bits per heavy atom. The maximum absolute atomic E-state index is 3.59. The maximum Gasteiger partial charge on any atom is 0.0373 e. The van der Waals surface area contributed by atoms with Crippen molar-refractivity contribution in [1.82, 2.24) is 5.32 Å². The highest BCUT2D eigenvalue weighted by atomic mass is 14.9. The topological polar surface area (TPSA) is 24.1 Å². The van der Waals surface area contributed by atoms with E-state index in [1.54, 1.807) is 0 Å². The van der Waals surface area contributed by atoms with Crippen LogP contribution < -0.4 is 10.6 Å². The van der Waals surface area contributed by atoms with Crippen molar-refractivity contribution in [3.05, 3.63) is 29.3 Å². The molecule has 0 radical (unpaired) electrons. The second kappa shape index (κ2) is 4.69. The lowest BCUT2D eigenvalue weighted by Gasteiger charge is -2.12. The van der Waals surface area contributed by atoms with Gasteiger partial charge in [0.1, 0.15) is 0 Å². The fourth-order valence-corrected chi connectivity index (χ4v) is 2.74. The normalized spacial score (nSPS) is 19.8. The molecule has 1 fully saturated rings. The van der Waals surface area contributed by atoms with E-state index in [1.165, 1.54) is 42.6 Å². The number of fused-ring (bicyclic) bond motifs is 1. The Bertz CT molecular complexity index is 396. The fraction of sp³-hybridized carbons (Fsp3) is 0.600. The van der Waals surface area contributed by atoms with Gasteiger partial charge in [0.05, 0.1) is 0 Å². The molecule has 1 aromatic carbocycles. The summed E-state index contributed by atoms with van der Waals surface area (Å²) in [6, 6.07) is 6.82. The van der Waals surface area contributed by atoms with Crippen LogP contribution in [0.5, 0.6) is 0 Å². The third-order valence-corrected chi connectivity index (χ3v) is 4.10. The van der Waals surface area contributed by atoms with Gasteiger partial charge in [-0.2, -0.15) is 0 Å². The van der Waals surface area contributed by atoms with Gasteiger partial charge in [-0.1, -0.05) is 19.1 Å². The fourth-order valence-electron chi connectivity index (χ4n) is 2.74. The first-order valence-electron chi connectivity index (χ1n) is 6.89. The monoisotopic (exact) mass is 230 g/mol. The third kappa shape index (κ3) is 2.63. The number of hydrogen-bond donors (Lipinski definition) is 2. The summed E-state index contributed by atoms with van der Waals surface area (Å²) in [5.41, 5.74) is 4.25. The Morgan fingerprint density at radius 1 is 1.41 bits per heavy atom. The van der Waals surface area contributed by atoms with Crippen LogP contribution in [0.3, 0.4) is 0 Å². The Hall–Kier alpha value is -1.02. The molecule has 0 bridgehead atoms. The summed E-state index contributed by atoms with van der Waals surface area (Å²) in [4.78, 5) is 0. The van der Waals surface area contributed by atoms with Crippen molar-refractivity contribution < 1.29 is 0 Å². The average Bonchev–Trinajstić information content (AvgIpc) is 3.08. The van der Waals surface area contributed by atoms with Gasteiger partial charge in [-0.25, -0.2) is 0 Å². The van der Waals surface area contributed by atoms with Crippen molar-refractivity contribution >= 4 is 5.69 Å². The molecule has 0 amide bonds. The van der Waals surface area contributed by atoms with Gasteiger partial charge in [0, 0.05) is 18.8 Å². The predicted molar refractivity (Wildman–Crippen MR) is 72.2 cm³/mol. The third-order valence-electron chi connectivity index (χ3n) is 4.10. The van der Waals surface area contributed by atoms with E-state index >= 15 is 0 Å². The Morgan fingerprint density at radius 2 is 2.29 bits per heavy atom. The molecule has 2 nitrogen and oxygen atoms in total. The van der Waals surface area contributed by atoms with E-state index in [1.807, 2.05) is 0 Å². The van der Waals surface area contributed by atoms with Crippen LogP contribution in [0.2, 0.25) is 0 Å². The second-order valence-corrected chi connectivity index (χ2v) is 5.61. The molecule has 1 unspecified atom stereocenters. The summed E-state index contributed by atoms with van der Waals surface area (Å²) in [6.45, 7) is 5.66. The minimum Gasteiger partial charge on any atom is -0.384 e. The summed E-state index contributed by atoms with van der Waals surface area (Å²) in [6.07, 6.45) is 4.09. The summed E-state index contributed by atoms with van der Waals surface area (Å²) in [5.74, 6) is 1.86. The average molecular weight is 230 g/mol. The maximum atomic E-state index is 3.59. The van der Waals surface area contributed by atoms with Crippen LogP contribution in [-0.4, -0.2) is 13.1 Å². The standard InChI is InChI=1S/C15H22N2/c1-11(13-3-4-13)9-16-10-12-2-5-15-14(8-12)6-7-17-15/h2,5,8,11,13,16-17H,3-4,6-7,9-10H2,1H3.